The molecule has 0 fully saturated rings. The molecule has 114 valence electrons. The molecule has 6 heteroatoms. The number of hydrogen-bond acceptors (Lipinski definition) is 4. The minimum atomic E-state index is -3.27. The Labute approximate surface area is 125 Å². The third kappa shape index (κ3) is 5.20. The van der Waals surface area contributed by atoms with Gasteiger partial charge in [0.1, 0.15) is 0 Å². The van der Waals surface area contributed by atoms with Crippen molar-refractivity contribution in [2.24, 2.45) is 5.92 Å². The minimum absolute atomic E-state index is 0.0189. The fourth-order valence-electron chi connectivity index (χ4n) is 1.73. The van der Waals surface area contributed by atoms with E-state index in [1.54, 1.807) is 31.2 Å². The molecule has 1 unspecified atom stereocenters. The summed E-state index contributed by atoms with van der Waals surface area (Å²) in [4.78, 5) is 11.8. The van der Waals surface area contributed by atoms with Crippen molar-refractivity contribution in [1.82, 2.24) is 0 Å². The molecule has 0 aliphatic rings. The van der Waals surface area contributed by atoms with E-state index < -0.39 is 15.1 Å². The summed E-state index contributed by atoms with van der Waals surface area (Å²) in [5, 5.41) is 10.9. The second kappa shape index (κ2) is 7.23. The molecule has 0 aliphatic heterocycles. The zero-order valence-corrected chi connectivity index (χ0v) is 13.3. The lowest BCUT2D eigenvalue weighted by Crippen LogP contribution is -2.28. The Balaban J connectivity index is 2.61. The maximum Gasteiger partial charge on any atom is 0.225 e. The van der Waals surface area contributed by atoms with E-state index in [1.807, 2.05) is 19.9 Å². The number of carbonyl (C=O) groups is 1. The van der Waals surface area contributed by atoms with E-state index in [0.717, 1.165) is 0 Å². The number of nitriles is 1. The van der Waals surface area contributed by atoms with Crippen LogP contribution >= 0.6 is 0 Å². The van der Waals surface area contributed by atoms with Crippen molar-refractivity contribution < 1.29 is 13.2 Å². The van der Waals surface area contributed by atoms with Crippen molar-refractivity contribution in [2.75, 3.05) is 11.1 Å². The first-order valence-corrected chi connectivity index (χ1v) is 8.49. The van der Waals surface area contributed by atoms with Gasteiger partial charge in [0, 0.05) is 12.1 Å². The van der Waals surface area contributed by atoms with Crippen molar-refractivity contribution in [3.63, 3.8) is 0 Å². The molecule has 1 N–H and O–H groups in total. The molecular formula is C15H20N2O3S. The third-order valence-electron chi connectivity index (χ3n) is 3.39. The Morgan fingerprint density at radius 3 is 2.57 bits per heavy atom. The van der Waals surface area contributed by atoms with Crippen molar-refractivity contribution in [3.8, 4) is 6.07 Å². The maximum absolute atomic E-state index is 12.0. The first kappa shape index (κ1) is 17.2. The Morgan fingerprint density at radius 1 is 1.33 bits per heavy atom. The van der Waals surface area contributed by atoms with Gasteiger partial charge >= 0.3 is 0 Å². The molecule has 1 amide bonds. The highest BCUT2D eigenvalue weighted by atomic mass is 32.2. The second-order valence-corrected chi connectivity index (χ2v) is 7.78. The molecule has 1 rings (SSSR count). The molecule has 21 heavy (non-hydrogen) atoms. The van der Waals surface area contributed by atoms with Gasteiger partial charge in [-0.3, -0.25) is 4.79 Å². The Kier molecular flexibility index (Phi) is 5.91. The van der Waals surface area contributed by atoms with E-state index in [2.05, 4.69) is 5.32 Å². The molecule has 0 saturated carbocycles. The van der Waals surface area contributed by atoms with Gasteiger partial charge in [0.05, 0.1) is 22.6 Å². The van der Waals surface area contributed by atoms with Gasteiger partial charge in [0.25, 0.3) is 0 Å². The number of carbonyl (C=O) groups excluding carboxylic acids is 1. The first-order valence-electron chi connectivity index (χ1n) is 6.78. The smallest absolute Gasteiger partial charge is 0.225 e. The van der Waals surface area contributed by atoms with Crippen LogP contribution in [0, 0.1) is 17.2 Å². The van der Waals surface area contributed by atoms with Crippen LogP contribution in [0.5, 0.6) is 0 Å². The molecule has 0 radical (unpaired) electrons. The highest BCUT2D eigenvalue weighted by molar-refractivity contribution is 7.92. The number of benzene rings is 1. The largest absolute Gasteiger partial charge is 0.326 e. The van der Waals surface area contributed by atoms with Gasteiger partial charge in [-0.05, 0) is 31.0 Å². The fourth-order valence-corrected chi connectivity index (χ4v) is 3.40. The predicted octanol–water partition coefficient (Wildman–Crippen LogP) is 2.35. The summed E-state index contributed by atoms with van der Waals surface area (Å²) in [7, 11) is -3.27. The van der Waals surface area contributed by atoms with Crippen LogP contribution in [0.15, 0.2) is 24.3 Å². The van der Waals surface area contributed by atoms with Crippen LogP contribution in [-0.2, 0) is 14.6 Å². The van der Waals surface area contributed by atoms with Crippen LogP contribution < -0.4 is 5.32 Å². The number of amides is 1. The SMILES string of the molecule is CC(C)C(C)S(=O)(=O)CCC(=O)Nc1cccc(C#N)c1. The summed E-state index contributed by atoms with van der Waals surface area (Å²) < 4.78 is 24.0. The molecule has 0 aromatic heterocycles. The third-order valence-corrected chi connectivity index (χ3v) is 5.84. The van der Waals surface area contributed by atoms with Gasteiger partial charge < -0.3 is 5.32 Å². The van der Waals surface area contributed by atoms with E-state index in [-0.39, 0.29) is 24.0 Å². The molecule has 0 bridgehead atoms. The summed E-state index contributed by atoms with van der Waals surface area (Å²) in [6.45, 7) is 5.35. The van der Waals surface area contributed by atoms with Crippen molar-refractivity contribution >= 4 is 21.4 Å². The summed E-state index contributed by atoms with van der Waals surface area (Å²) in [6, 6.07) is 8.47. The zero-order valence-electron chi connectivity index (χ0n) is 12.5. The lowest BCUT2D eigenvalue weighted by Gasteiger charge is -2.16. The fraction of sp³-hybridized carbons (Fsp3) is 0.467. The molecular weight excluding hydrogens is 288 g/mol. The lowest BCUT2D eigenvalue weighted by atomic mass is 10.2. The van der Waals surface area contributed by atoms with E-state index in [1.165, 1.54) is 0 Å². The number of rotatable bonds is 6. The molecule has 0 aliphatic carbocycles. The van der Waals surface area contributed by atoms with Crippen LogP contribution in [0.3, 0.4) is 0 Å². The zero-order chi connectivity index (χ0) is 16.0. The van der Waals surface area contributed by atoms with Gasteiger partial charge in [-0.15, -0.1) is 0 Å². The summed E-state index contributed by atoms with van der Waals surface area (Å²) in [5.41, 5.74) is 0.933. The number of hydrogen-bond donors (Lipinski definition) is 1. The van der Waals surface area contributed by atoms with Crippen LogP contribution in [0.25, 0.3) is 0 Å². The maximum atomic E-state index is 12.0. The normalized spacial score (nSPS) is 12.7. The monoisotopic (exact) mass is 308 g/mol. The van der Waals surface area contributed by atoms with E-state index in [0.29, 0.717) is 11.3 Å². The van der Waals surface area contributed by atoms with E-state index in [9.17, 15) is 13.2 Å². The minimum Gasteiger partial charge on any atom is -0.326 e. The lowest BCUT2D eigenvalue weighted by molar-refractivity contribution is -0.115. The summed E-state index contributed by atoms with van der Waals surface area (Å²) >= 11 is 0. The first-order chi connectivity index (χ1) is 9.76. The number of nitrogens with one attached hydrogen (secondary N) is 1. The average molecular weight is 308 g/mol. The molecule has 1 aromatic carbocycles. The molecule has 5 nitrogen and oxygen atoms in total. The molecule has 0 heterocycles. The van der Waals surface area contributed by atoms with Crippen LogP contribution in [0.2, 0.25) is 0 Å². The Hall–Kier alpha value is -1.87. The number of anilines is 1. The van der Waals surface area contributed by atoms with Gasteiger partial charge in [-0.2, -0.15) is 5.26 Å². The number of nitrogens with zero attached hydrogens (tertiary/aromatic N) is 1. The van der Waals surface area contributed by atoms with Gasteiger partial charge in [0.15, 0.2) is 9.84 Å². The van der Waals surface area contributed by atoms with E-state index >= 15 is 0 Å². The molecule has 0 saturated heterocycles. The predicted molar refractivity (Wildman–Crippen MR) is 82.5 cm³/mol. The van der Waals surface area contributed by atoms with Gasteiger partial charge in [-0.25, -0.2) is 8.42 Å². The highest BCUT2D eigenvalue weighted by Crippen LogP contribution is 2.14. The second-order valence-electron chi connectivity index (χ2n) is 5.31. The van der Waals surface area contributed by atoms with Gasteiger partial charge in [-0.1, -0.05) is 19.9 Å². The van der Waals surface area contributed by atoms with Gasteiger partial charge in [0.2, 0.25) is 5.91 Å². The van der Waals surface area contributed by atoms with Crippen molar-refractivity contribution in [2.45, 2.75) is 32.4 Å². The number of sulfone groups is 1. The molecule has 1 aromatic rings. The summed E-state index contributed by atoms with van der Waals surface area (Å²) in [6.07, 6.45) is -0.0871. The van der Waals surface area contributed by atoms with Crippen molar-refractivity contribution in [3.05, 3.63) is 29.8 Å². The molecule has 0 spiro atoms. The quantitative estimate of drug-likeness (QED) is 0.874. The Morgan fingerprint density at radius 2 is 2.00 bits per heavy atom. The van der Waals surface area contributed by atoms with Crippen LogP contribution in [0.1, 0.15) is 32.8 Å². The topological polar surface area (TPSA) is 87.0 Å². The highest BCUT2D eigenvalue weighted by Gasteiger charge is 2.24. The Bertz CT molecular complexity index is 645. The summed E-state index contributed by atoms with van der Waals surface area (Å²) in [5.74, 6) is -0.522. The standard InChI is InChI=1S/C15H20N2O3S/c1-11(2)12(3)21(19,20)8-7-15(18)17-14-6-4-5-13(9-14)10-16/h4-6,9,11-12H,7-8H2,1-3H3,(H,17,18). The van der Waals surface area contributed by atoms with Crippen LogP contribution in [-0.4, -0.2) is 25.3 Å². The van der Waals surface area contributed by atoms with Crippen molar-refractivity contribution in [1.29, 1.82) is 5.26 Å². The average Bonchev–Trinajstić information content (AvgIpc) is 2.44. The van der Waals surface area contributed by atoms with Crippen LogP contribution in [0.4, 0.5) is 5.69 Å². The van der Waals surface area contributed by atoms with E-state index in [4.69, 9.17) is 5.26 Å². The molecule has 1 atom stereocenters.